The summed E-state index contributed by atoms with van der Waals surface area (Å²) in [5.41, 5.74) is 0. The maximum atomic E-state index is 12.3. The molecular formula is C9H15FO. The Kier molecular flexibility index (Phi) is 2.12. The van der Waals surface area contributed by atoms with Gasteiger partial charge in [0.1, 0.15) is 0 Å². The van der Waals surface area contributed by atoms with Gasteiger partial charge in [-0.15, -0.1) is 0 Å². The monoisotopic (exact) mass is 158 g/mol. The Labute approximate surface area is 66.9 Å². The topological polar surface area (TPSA) is 9.23 Å². The van der Waals surface area contributed by atoms with Crippen LogP contribution in [0.1, 0.15) is 19.3 Å². The summed E-state index contributed by atoms with van der Waals surface area (Å²) < 4.78 is 17.8. The van der Waals surface area contributed by atoms with Crippen molar-refractivity contribution in [1.82, 2.24) is 0 Å². The maximum Gasteiger partial charge on any atom is 0.0922 e. The number of hydrogen-bond donors (Lipinski definition) is 0. The molecule has 0 N–H and O–H groups in total. The van der Waals surface area contributed by atoms with Gasteiger partial charge in [-0.1, -0.05) is 0 Å². The summed E-state index contributed by atoms with van der Waals surface area (Å²) in [5.74, 6) is 1.69. The van der Waals surface area contributed by atoms with Crippen LogP contribution in [0.15, 0.2) is 0 Å². The molecule has 1 aliphatic heterocycles. The molecule has 64 valence electrons. The van der Waals surface area contributed by atoms with E-state index in [9.17, 15) is 4.39 Å². The lowest BCUT2D eigenvalue weighted by atomic mass is 9.75. The van der Waals surface area contributed by atoms with E-state index in [1.165, 1.54) is 6.42 Å². The van der Waals surface area contributed by atoms with Gasteiger partial charge in [0.25, 0.3) is 0 Å². The summed E-state index contributed by atoms with van der Waals surface area (Å²) in [6.45, 7) is 1.65. The molecule has 0 spiro atoms. The van der Waals surface area contributed by atoms with Crippen molar-refractivity contribution in [3.63, 3.8) is 0 Å². The highest BCUT2D eigenvalue weighted by atomic mass is 19.1. The number of hydrogen-bond acceptors (Lipinski definition) is 1. The zero-order valence-electron chi connectivity index (χ0n) is 6.76. The van der Waals surface area contributed by atoms with Crippen molar-refractivity contribution in [2.75, 3.05) is 19.9 Å². The minimum atomic E-state index is -0.118. The highest BCUT2D eigenvalue weighted by molar-refractivity contribution is 4.81. The third-order valence-corrected chi connectivity index (χ3v) is 2.93. The molecule has 1 aliphatic carbocycles. The van der Waals surface area contributed by atoms with Crippen molar-refractivity contribution >= 4 is 0 Å². The van der Waals surface area contributed by atoms with Gasteiger partial charge >= 0.3 is 0 Å². The summed E-state index contributed by atoms with van der Waals surface area (Å²) in [5, 5.41) is 0. The smallest absolute Gasteiger partial charge is 0.0922 e. The Hall–Kier alpha value is -0.110. The lowest BCUT2D eigenvalue weighted by Crippen LogP contribution is -2.34. The van der Waals surface area contributed by atoms with Crippen molar-refractivity contribution in [3.8, 4) is 0 Å². The van der Waals surface area contributed by atoms with Crippen LogP contribution in [0.25, 0.3) is 0 Å². The molecule has 2 rings (SSSR count). The van der Waals surface area contributed by atoms with Crippen LogP contribution in [-0.2, 0) is 4.74 Å². The Bertz CT molecular complexity index is 126. The van der Waals surface area contributed by atoms with Crippen LogP contribution in [0.2, 0.25) is 0 Å². The first-order chi connectivity index (χ1) is 5.38. The minimum Gasteiger partial charge on any atom is -0.381 e. The molecular weight excluding hydrogens is 143 g/mol. The lowest BCUT2D eigenvalue weighted by Gasteiger charge is -2.37. The van der Waals surface area contributed by atoms with Crippen LogP contribution in [0, 0.1) is 17.8 Å². The van der Waals surface area contributed by atoms with E-state index in [-0.39, 0.29) is 6.67 Å². The third kappa shape index (κ3) is 1.56. The molecule has 1 heterocycles. The second kappa shape index (κ2) is 3.10. The number of rotatable bonds is 1. The normalized spacial score (nSPS) is 43.9. The second-order valence-electron chi connectivity index (χ2n) is 4.00. The first-order valence-electron chi connectivity index (χ1n) is 4.52. The summed E-state index contributed by atoms with van der Waals surface area (Å²) in [4.78, 5) is 0. The van der Waals surface area contributed by atoms with Gasteiger partial charge < -0.3 is 4.74 Å². The summed E-state index contributed by atoms with van der Waals surface area (Å²) in [6.07, 6.45) is 3.41. The number of halogens is 1. The molecule has 1 saturated carbocycles. The largest absolute Gasteiger partial charge is 0.381 e. The second-order valence-corrected chi connectivity index (χ2v) is 4.00. The van der Waals surface area contributed by atoms with Crippen LogP contribution in [0.4, 0.5) is 4.39 Å². The van der Waals surface area contributed by atoms with Gasteiger partial charge in [0.15, 0.2) is 0 Å². The van der Waals surface area contributed by atoms with E-state index in [4.69, 9.17) is 4.74 Å². The SMILES string of the molecule is FCC1C[C@H]2COC[C@@H](C1)C2. The average Bonchev–Trinajstić information content (AvgIpc) is 2.03. The standard InChI is InChI=1S/C9H15FO/c10-4-7-1-8-3-9(2-7)6-11-5-8/h7-9H,1-6H2/t7?,8-,9+. The molecule has 2 bridgehead atoms. The first kappa shape index (κ1) is 7.53. The first-order valence-corrected chi connectivity index (χ1v) is 4.52. The van der Waals surface area contributed by atoms with Crippen LogP contribution in [0.3, 0.4) is 0 Å². The third-order valence-electron chi connectivity index (χ3n) is 2.93. The average molecular weight is 158 g/mol. The van der Waals surface area contributed by atoms with E-state index in [2.05, 4.69) is 0 Å². The molecule has 11 heavy (non-hydrogen) atoms. The lowest BCUT2D eigenvalue weighted by molar-refractivity contribution is -0.0297. The molecule has 0 aromatic rings. The van der Waals surface area contributed by atoms with Crippen molar-refractivity contribution in [2.45, 2.75) is 19.3 Å². The highest BCUT2D eigenvalue weighted by Gasteiger charge is 2.32. The van der Waals surface area contributed by atoms with Crippen molar-refractivity contribution in [2.24, 2.45) is 17.8 Å². The van der Waals surface area contributed by atoms with Gasteiger partial charge in [0, 0.05) is 13.2 Å². The number of alkyl halides is 1. The Balaban J connectivity index is 1.94. The van der Waals surface area contributed by atoms with Gasteiger partial charge in [-0.05, 0) is 37.0 Å². The molecule has 1 saturated heterocycles. The van der Waals surface area contributed by atoms with Crippen molar-refractivity contribution in [1.29, 1.82) is 0 Å². The minimum absolute atomic E-state index is 0.118. The fourth-order valence-corrected chi connectivity index (χ4v) is 2.50. The van der Waals surface area contributed by atoms with Gasteiger partial charge in [-0.2, -0.15) is 0 Å². The molecule has 2 heteroatoms. The molecule has 0 aromatic heterocycles. The zero-order valence-corrected chi connectivity index (χ0v) is 6.76. The van der Waals surface area contributed by atoms with Crippen LogP contribution in [-0.4, -0.2) is 19.9 Å². The van der Waals surface area contributed by atoms with E-state index >= 15 is 0 Å². The molecule has 3 atom stereocenters. The van der Waals surface area contributed by atoms with Crippen LogP contribution >= 0.6 is 0 Å². The molecule has 0 amide bonds. The highest BCUT2D eigenvalue weighted by Crippen LogP contribution is 2.36. The van der Waals surface area contributed by atoms with E-state index in [0.717, 1.165) is 26.1 Å². The Morgan fingerprint density at radius 1 is 1.09 bits per heavy atom. The van der Waals surface area contributed by atoms with E-state index in [1.807, 2.05) is 0 Å². The fraction of sp³-hybridized carbons (Fsp3) is 1.00. The van der Waals surface area contributed by atoms with Gasteiger partial charge in [0.05, 0.1) is 6.67 Å². The van der Waals surface area contributed by atoms with Crippen LogP contribution < -0.4 is 0 Å². The summed E-state index contributed by atoms with van der Waals surface area (Å²) in [7, 11) is 0. The van der Waals surface area contributed by atoms with Crippen molar-refractivity contribution < 1.29 is 9.13 Å². The summed E-state index contributed by atoms with van der Waals surface area (Å²) in [6, 6.07) is 0. The Morgan fingerprint density at radius 3 is 2.27 bits per heavy atom. The predicted molar refractivity (Wildman–Crippen MR) is 41.1 cm³/mol. The Morgan fingerprint density at radius 2 is 1.73 bits per heavy atom. The zero-order chi connectivity index (χ0) is 7.68. The van der Waals surface area contributed by atoms with Gasteiger partial charge in [-0.3, -0.25) is 4.39 Å². The van der Waals surface area contributed by atoms with E-state index in [0.29, 0.717) is 17.8 Å². The van der Waals surface area contributed by atoms with E-state index in [1.54, 1.807) is 0 Å². The quantitative estimate of drug-likeness (QED) is 0.567. The fourth-order valence-electron chi connectivity index (χ4n) is 2.50. The molecule has 0 radical (unpaired) electrons. The number of fused-ring (bicyclic) bond motifs is 2. The number of ether oxygens (including phenoxy) is 1. The molecule has 1 nitrogen and oxygen atoms in total. The van der Waals surface area contributed by atoms with Gasteiger partial charge in [0.2, 0.25) is 0 Å². The molecule has 2 aliphatic rings. The molecule has 0 aromatic carbocycles. The summed E-state index contributed by atoms with van der Waals surface area (Å²) >= 11 is 0. The van der Waals surface area contributed by atoms with Gasteiger partial charge in [-0.25, -0.2) is 0 Å². The van der Waals surface area contributed by atoms with E-state index < -0.39 is 0 Å². The molecule has 2 fully saturated rings. The van der Waals surface area contributed by atoms with Crippen LogP contribution in [0.5, 0.6) is 0 Å². The predicted octanol–water partition coefficient (Wildman–Crippen LogP) is 2.02. The maximum absolute atomic E-state index is 12.3. The molecule has 1 unspecified atom stereocenters. The van der Waals surface area contributed by atoms with Crippen molar-refractivity contribution in [3.05, 3.63) is 0 Å².